The van der Waals surface area contributed by atoms with E-state index in [1.165, 1.54) is 24.3 Å². The van der Waals surface area contributed by atoms with Gasteiger partial charge in [0.15, 0.2) is 0 Å². The lowest BCUT2D eigenvalue weighted by Crippen LogP contribution is -2.55. The van der Waals surface area contributed by atoms with Crippen LogP contribution in [0.25, 0.3) is 11.1 Å². The minimum atomic E-state index is -0.761. The second-order valence-corrected chi connectivity index (χ2v) is 6.93. The number of rotatable bonds is 5. The van der Waals surface area contributed by atoms with Crippen LogP contribution in [0.3, 0.4) is 0 Å². The number of aliphatic hydroxyl groups excluding tert-OH is 1. The summed E-state index contributed by atoms with van der Waals surface area (Å²) in [6, 6.07) is 21.1. The number of anilines is 1. The maximum absolute atomic E-state index is 13.1. The predicted molar refractivity (Wildman–Crippen MR) is 105 cm³/mol. The lowest BCUT2D eigenvalue weighted by Gasteiger charge is -2.40. The number of hydrogen-bond acceptors (Lipinski definition) is 3. The van der Waals surface area contributed by atoms with Gasteiger partial charge in [-0.05, 0) is 46.5 Å². The number of aliphatic hydroxyl groups is 1. The Balaban J connectivity index is 1.59. The molecule has 3 aromatic rings. The van der Waals surface area contributed by atoms with Crippen molar-refractivity contribution < 1.29 is 19.0 Å². The minimum Gasteiger partial charge on any atom is -0.392 e. The molecule has 0 saturated carbocycles. The van der Waals surface area contributed by atoms with E-state index >= 15 is 0 Å². The van der Waals surface area contributed by atoms with Crippen molar-refractivity contribution in [3.8, 4) is 11.1 Å². The average molecular weight is 377 g/mol. The van der Waals surface area contributed by atoms with E-state index in [0.717, 1.165) is 22.3 Å². The molecule has 142 valence electrons. The average Bonchev–Trinajstić information content (AvgIpc) is 2.69. The van der Waals surface area contributed by atoms with E-state index in [1.54, 1.807) is 0 Å². The zero-order valence-corrected chi connectivity index (χ0v) is 15.2. The lowest BCUT2D eigenvalue weighted by molar-refractivity contribution is -0.139. The molecule has 1 aliphatic rings. The summed E-state index contributed by atoms with van der Waals surface area (Å²) in [6.45, 7) is 0.564. The van der Waals surface area contributed by atoms with Gasteiger partial charge in [0, 0.05) is 5.69 Å². The van der Waals surface area contributed by atoms with E-state index in [9.17, 15) is 14.3 Å². The first-order valence-corrected chi connectivity index (χ1v) is 9.07. The van der Waals surface area contributed by atoms with Crippen LogP contribution in [0.1, 0.15) is 11.1 Å². The maximum atomic E-state index is 13.1. The molecule has 0 bridgehead atoms. The van der Waals surface area contributed by atoms with Crippen molar-refractivity contribution in [2.24, 2.45) is 0 Å². The molecule has 1 amide bonds. The highest BCUT2D eigenvalue weighted by Crippen LogP contribution is 2.35. The molecule has 4 rings (SSSR count). The SMILES string of the molecule is O=C(Nc1ccc(F)cc1)C1(c2ccc(-c3ccccc3CO)cc2)COC1. The van der Waals surface area contributed by atoms with Crippen molar-refractivity contribution in [3.63, 3.8) is 0 Å². The van der Waals surface area contributed by atoms with Gasteiger partial charge in [0.05, 0.1) is 19.8 Å². The summed E-state index contributed by atoms with van der Waals surface area (Å²) in [5, 5.41) is 12.4. The molecule has 2 N–H and O–H groups in total. The summed E-state index contributed by atoms with van der Waals surface area (Å²) in [5.74, 6) is -0.521. The fourth-order valence-corrected chi connectivity index (χ4v) is 3.43. The molecule has 0 aromatic heterocycles. The van der Waals surface area contributed by atoms with Crippen LogP contribution in [0, 0.1) is 5.82 Å². The molecule has 0 spiro atoms. The molecule has 0 radical (unpaired) electrons. The first kappa shape index (κ1) is 18.3. The first-order valence-electron chi connectivity index (χ1n) is 9.07. The molecular weight excluding hydrogens is 357 g/mol. The Hall–Kier alpha value is -3.02. The molecular formula is C23H20FNO3. The van der Waals surface area contributed by atoms with E-state index < -0.39 is 5.41 Å². The largest absolute Gasteiger partial charge is 0.392 e. The third kappa shape index (κ3) is 3.30. The van der Waals surface area contributed by atoms with Crippen LogP contribution in [0.4, 0.5) is 10.1 Å². The van der Waals surface area contributed by atoms with Gasteiger partial charge in [0.2, 0.25) is 5.91 Å². The van der Waals surface area contributed by atoms with E-state index in [4.69, 9.17) is 4.74 Å². The smallest absolute Gasteiger partial charge is 0.239 e. The molecule has 5 heteroatoms. The van der Waals surface area contributed by atoms with Gasteiger partial charge < -0.3 is 15.2 Å². The second-order valence-electron chi connectivity index (χ2n) is 6.93. The van der Waals surface area contributed by atoms with Crippen molar-refractivity contribution in [1.82, 2.24) is 0 Å². The van der Waals surface area contributed by atoms with Gasteiger partial charge in [0.25, 0.3) is 0 Å². The number of amides is 1. The van der Waals surface area contributed by atoms with Gasteiger partial charge in [-0.1, -0.05) is 48.5 Å². The normalized spacial score (nSPS) is 14.9. The maximum Gasteiger partial charge on any atom is 0.239 e. The van der Waals surface area contributed by atoms with Crippen LogP contribution in [0.5, 0.6) is 0 Å². The minimum absolute atomic E-state index is 0.0320. The van der Waals surface area contributed by atoms with Crippen LogP contribution in [-0.2, 0) is 21.6 Å². The van der Waals surface area contributed by atoms with E-state index in [1.807, 2.05) is 48.5 Å². The van der Waals surface area contributed by atoms with Crippen molar-refractivity contribution in [1.29, 1.82) is 0 Å². The number of carbonyl (C=O) groups excluding carboxylic acids is 1. The van der Waals surface area contributed by atoms with Crippen LogP contribution in [-0.4, -0.2) is 24.2 Å². The third-order valence-corrected chi connectivity index (χ3v) is 5.17. The van der Waals surface area contributed by atoms with Crippen LogP contribution >= 0.6 is 0 Å². The fraction of sp³-hybridized carbons (Fsp3) is 0.174. The van der Waals surface area contributed by atoms with E-state index in [2.05, 4.69) is 5.32 Å². The first-order chi connectivity index (χ1) is 13.6. The Kier molecular flexibility index (Phi) is 4.94. The highest BCUT2D eigenvalue weighted by molar-refractivity contribution is 6.00. The van der Waals surface area contributed by atoms with Gasteiger partial charge in [-0.2, -0.15) is 0 Å². The molecule has 1 heterocycles. The van der Waals surface area contributed by atoms with Gasteiger partial charge in [-0.15, -0.1) is 0 Å². The number of benzene rings is 3. The Bertz CT molecular complexity index is 979. The monoisotopic (exact) mass is 377 g/mol. The lowest BCUT2D eigenvalue weighted by atomic mass is 9.77. The topological polar surface area (TPSA) is 58.6 Å². The molecule has 1 aliphatic heterocycles. The van der Waals surface area contributed by atoms with Crippen molar-refractivity contribution in [3.05, 3.63) is 89.7 Å². The number of hydrogen-bond donors (Lipinski definition) is 2. The Morgan fingerprint density at radius 2 is 1.68 bits per heavy atom. The zero-order chi connectivity index (χ0) is 19.6. The fourth-order valence-electron chi connectivity index (χ4n) is 3.43. The summed E-state index contributed by atoms with van der Waals surface area (Å²) < 4.78 is 18.5. The Labute approximate surface area is 162 Å². The van der Waals surface area contributed by atoms with Gasteiger partial charge >= 0.3 is 0 Å². The predicted octanol–water partition coefficient (Wildman–Crippen LogP) is 3.89. The molecule has 0 atom stereocenters. The molecule has 1 saturated heterocycles. The van der Waals surface area contributed by atoms with Crippen LogP contribution in [0.2, 0.25) is 0 Å². The van der Waals surface area contributed by atoms with Crippen molar-refractivity contribution in [2.75, 3.05) is 18.5 Å². The van der Waals surface area contributed by atoms with E-state index in [-0.39, 0.29) is 18.3 Å². The standard InChI is InChI=1S/C23H20FNO3/c24-19-9-11-20(12-10-19)25-22(27)23(14-28-15-23)18-7-5-16(6-8-18)21-4-2-1-3-17(21)13-26/h1-12,26H,13-15H2,(H,25,27). The third-order valence-electron chi connectivity index (χ3n) is 5.17. The molecule has 0 unspecified atom stereocenters. The van der Waals surface area contributed by atoms with Gasteiger partial charge in [-0.25, -0.2) is 4.39 Å². The zero-order valence-electron chi connectivity index (χ0n) is 15.2. The Morgan fingerprint density at radius 1 is 1.00 bits per heavy atom. The van der Waals surface area contributed by atoms with Crippen molar-refractivity contribution >= 4 is 11.6 Å². The molecule has 3 aromatic carbocycles. The quantitative estimate of drug-likeness (QED) is 0.709. The van der Waals surface area contributed by atoms with Crippen LogP contribution in [0.15, 0.2) is 72.8 Å². The second kappa shape index (κ2) is 7.54. The number of ether oxygens (including phenoxy) is 1. The van der Waals surface area contributed by atoms with Gasteiger partial charge in [0.1, 0.15) is 11.2 Å². The summed E-state index contributed by atoms with van der Waals surface area (Å²) in [6.07, 6.45) is 0. The number of halogens is 1. The molecule has 4 nitrogen and oxygen atoms in total. The summed E-state index contributed by atoms with van der Waals surface area (Å²) >= 11 is 0. The Morgan fingerprint density at radius 3 is 2.29 bits per heavy atom. The molecule has 0 aliphatic carbocycles. The number of nitrogens with one attached hydrogen (secondary N) is 1. The van der Waals surface area contributed by atoms with Crippen LogP contribution < -0.4 is 5.32 Å². The molecule has 28 heavy (non-hydrogen) atoms. The van der Waals surface area contributed by atoms with Gasteiger partial charge in [-0.3, -0.25) is 4.79 Å². The highest BCUT2D eigenvalue weighted by Gasteiger charge is 2.47. The molecule has 1 fully saturated rings. The summed E-state index contributed by atoms with van der Waals surface area (Å²) in [4.78, 5) is 12.9. The summed E-state index contributed by atoms with van der Waals surface area (Å²) in [7, 11) is 0. The van der Waals surface area contributed by atoms with E-state index in [0.29, 0.717) is 18.9 Å². The van der Waals surface area contributed by atoms with Crippen molar-refractivity contribution in [2.45, 2.75) is 12.0 Å². The number of carbonyl (C=O) groups is 1. The highest BCUT2D eigenvalue weighted by atomic mass is 19.1. The summed E-state index contributed by atoms with van der Waals surface area (Å²) in [5.41, 5.74) is 3.44.